The maximum atomic E-state index is 13.3. The van der Waals surface area contributed by atoms with Gasteiger partial charge in [0.15, 0.2) is 12.2 Å². The van der Waals surface area contributed by atoms with Crippen molar-refractivity contribution < 1.29 is 9.59 Å². The first kappa shape index (κ1) is 18.3. The second kappa shape index (κ2) is 6.82. The molecule has 0 saturated carbocycles. The molecule has 2 atom stereocenters. The Morgan fingerprint density at radius 2 is 1.79 bits per heavy atom. The Morgan fingerprint density at radius 3 is 2.46 bits per heavy atom. The number of hydrogen-bond acceptors (Lipinski definition) is 5. The molecule has 0 aromatic heterocycles. The summed E-state index contributed by atoms with van der Waals surface area (Å²) in [6.45, 7) is 7.11. The molecule has 1 fully saturated rings. The topological polar surface area (TPSA) is 59.5 Å². The number of benzene rings is 1. The van der Waals surface area contributed by atoms with Crippen LogP contribution in [0.4, 0.5) is 4.79 Å². The molecule has 4 rings (SSSR count). The summed E-state index contributed by atoms with van der Waals surface area (Å²) in [6.07, 6.45) is 3.29. The first-order chi connectivity index (χ1) is 13.5. The minimum Gasteiger partial charge on any atom is -0.315 e. The van der Waals surface area contributed by atoms with Crippen LogP contribution in [-0.4, -0.2) is 69.8 Å². The normalized spacial score (nSPS) is 24.5. The number of amides is 3. The van der Waals surface area contributed by atoms with E-state index in [4.69, 9.17) is 4.99 Å². The van der Waals surface area contributed by atoms with Crippen molar-refractivity contribution in [3.05, 3.63) is 53.4 Å². The predicted octanol–water partition coefficient (Wildman–Crippen LogP) is 2.55. The number of aliphatic imine (C=N–C) groups is 1. The minimum atomic E-state index is -0.505. The SMILES string of the molecule is CCN1C2=NC3C(C(=O)N(C/C=C/c4ccccc4)C(=O)N3C)N2C(C)=C1C. The van der Waals surface area contributed by atoms with Crippen LogP contribution < -0.4 is 0 Å². The molecule has 0 spiro atoms. The van der Waals surface area contributed by atoms with Gasteiger partial charge < -0.3 is 9.80 Å². The lowest BCUT2D eigenvalue weighted by Crippen LogP contribution is -2.64. The summed E-state index contributed by atoms with van der Waals surface area (Å²) in [6, 6.07) is 9.01. The van der Waals surface area contributed by atoms with E-state index in [-0.39, 0.29) is 18.5 Å². The van der Waals surface area contributed by atoms with Crippen LogP contribution in [0.25, 0.3) is 6.08 Å². The lowest BCUT2D eigenvalue weighted by molar-refractivity contribution is -0.136. The van der Waals surface area contributed by atoms with E-state index in [0.717, 1.165) is 29.5 Å². The summed E-state index contributed by atoms with van der Waals surface area (Å²) in [7, 11) is 1.72. The van der Waals surface area contributed by atoms with Gasteiger partial charge in [-0.3, -0.25) is 14.6 Å². The average Bonchev–Trinajstić information content (AvgIpc) is 3.19. The Kier molecular flexibility index (Phi) is 4.45. The van der Waals surface area contributed by atoms with Crippen LogP contribution in [0.15, 0.2) is 52.8 Å². The van der Waals surface area contributed by atoms with Crippen LogP contribution in [0.2, 0.25) is 0 Å². The highest BCUT2D eigenvalue weighted by Gasteiger charge is 2.55. The zero-order valence-corrected chi connectivity index (χ0v) is 16.7. The van der Waals surface area contributed by atoms with Crippen molar-refractivity contribution in [3.63, 3.8) is 0 Å². The van der Waals surface area contributed by atoms with Gasteiger partial charge in [-0.25, -0.2) is 9.79 Å². The monoisotopic (exact) mass is 379 g/mol. The second-order valence-corrected chi connectivity index (χ2v) is 7.23. The molecular formula is C21H25N5O2. The van der Waals surface area contributed by atoms with Crippen molar-refractivity contribution in [1.29, 1.82) is 0 Å². The molecule has 3 heterocycles. The number of allylic oxidation sites excluding steroid dienone is 2. The van der Waals surface area contributed by atoms with Gasteiger partial charge in [-0.1, -0.05) is 42.5 Å². The number of rotatable bonds is 4. The molecule has 28 heavy (non-hydrogen) atoms. The quantitative estimate of drug-likeness (QED) is 0.807. The van der Waals surface area contributed by atoms with Gasteiger partial charge in [0.25, 0.3) is 5.91 Å². The third-order valence-electron chi connectivity index (χ3n) is 5.72. The minimum absolute atomic E-state index is 0.199. The highest BCUT2D eigenvalue weighted by molar-refractivity contribution is 6.05. The van der Waals surface area contributed by atoms with Crippen molar-refractivity contribution >= 4 is 24.0 Å². The maximum absolute atomic E-state index is 13.3. The zero-order valence-electron chi connectivity index (χ0n) is 16.7. The van der Waals surface area contributed by atoms with E-state index in [0.29, 0.717) is 0 Å². The molecule has 7 nitrogen and oxygen atoms in total. The molecule has 3 aliphatic rings. The summed E-state index contributed by atoms with van der Waals surface area (Å²) in [5.74, 6) is 0.567. The molecule has 0 radical (unpaired) electrons. The van der Waals surface area contributed by atoms with Crippen molar-refractivity contribution in [1.82, 2.24) is 19.6 Å². The molecule has 1 aromatic rings. The Morgan fingerprint density at radius 1 is 1.07 bits per heavy atom. The number of guanidine groups is 1. The van der Waals surface area contributed by atoms with Crippen LogP contribution in [0, 0.1) is 0 Å². The van der Waals surface area contributed by atoms with Gasteiger partial charge >= 0.3 is 6.03 Å². The summed E-state index contributed by atoms with van der Waals surface area (Å²) in [5.41, 5.74) is 3.15. The number of imide groups is 1. The van der Waals surface area contributed by atoms with Crippen LogP contribution in [0.5, 0.6) is 0 Å². The lowest BCUT2D eigenvalue weighted by Gasteiger charge is -2.40. The van der Waals surface area contributed by atoms with Crippen molar-refractivity contribution in [3.8, 4) is 0 Å². The average molecular weight is 379 g/mol. The highest BCUT2D eigenvalue weighted by Crippen LogP contribution is 2.37. The van der Waals surface area contributed by atoms with Gasteiger partial charge in [-0.15, -0.1) is 0 Å². The fourth-order valence-electron chi connectivity index (χ4n) is 4.09. The molecular weight excluding hydrogens is 354 g/mol. The zero-order chi connectivity index (χ0) is 20.0. The van der Waals surface area contributed by atoms with E-state index < -0.39 is 12.2 Å². The van der Waals surface area contributed by atoms with E-state index in [2.05, 4.69) is 11.8 Å². The number of carbonyl (C=O) groups is 2. The maximum Gasteiger partial charge on any atom is 0.328 e. The summed E-state index contributed by atoms with van der Waals surface area (Å²) in [5, 5.41) is 0. The van der Waals surface area contributed by atoms with Crippen LogP contribution in [0.1, 0.15) is 26.3 Å². The molecule has 0 aliphatic carbocycles. The molecule has 0 bridgehead atoms. The number of carbonyl (C=O) groups excluding carboxylic acids is 2. The number of hydrogen-bond donors (Lipinski definition) is 0. The largest absolute Gasteiger partial charge is 0.328 e. The fraction of sp³-hybridized carbons (Fsp3) is 0.381. The van der Waals surface area contributed by atoms with E-state index in [1.165, 1.54) is 4.90 Å². The number of nitrogens with zero attached hydrogens (tertiary/aromatic N) is 5. The van der Waals surface area contributed by atoms with Crippen molar-refractivity contribution in [2.45, 2.75) is 33.0 Å². The molecule has 7 heteroatoms. The number of urea groups is 1. The highest BCUT2D eigenvalue weighted by atomic mass is 16.2. The third kappa shape index (κ3) is 2.61. The fourth-order valence-corrected chi connectivity index (χ4v) is 4.09. The smallest absolute Gasteiger partial charge is 0.315 e. The Hall–Kier alpha value is -3.09. The predicted molar refractivity (Wildman–Crippen MR) is 108 cm³/mol. The Bertz CT molecular complexity index is 905. The Balaban J connectivity index is 1.59. The van der Waals surface area contributed by atoms with Crippen LogP contribution in [-0.2, 0) is 4.79 Å². The lowest BCUT2D eigenvalue weighted by atomic mass is 10.1. The molecule has 3 aliphatic heterocycles. The van der Waals surface area contributed by atoms with Crippen LogP contribution in [0.3, 0.4) is 0 Å². The summed E-state index contributed by atoms with van der Waals surface area (Å²) in [4.78, 5) is 37.8. The molecule has 0 N–H and O–H groups in total. The van der Waals surface area contributed by atoms with E-state index in [1.54, 1.807) is 11.9 Å². The first-order valence-electron chi connectivity index (χ1n) is 9.57. The van der Waals surface area contributed by atoms with Gasteiger partial charge in [0.05, 0.1) is 0 Å². The molecule has 1 aromatic carbocycles. The second-order valence-electron chi connectivity index (χ2n) is 7.23. The molecule has 1 saturated heterocycles. The third-order valence-corrected chi connectivity index (χ3v) is 5.72. The molecule has 2 unspecified atom stereocenters. The van der Waals surface area contributed by atoms with E-state index >= 15 is 0 Å². The van der Waals surface area contributed by atoms with Gasteiger partial charge in [0.2, 0.25) is 5.96 Å². The standard InChI is InChI=1S/C21H25N5O2/c1-5-24-14(2)15(3)26-17-18(22-20(24)26)23(4)21(28)25(19(17)27)13-9-12-16-10-7-6-8-11-16/h6-12,17-18H,5,13H2,1-4H3/b12-9+. The van der Waals surface area contributed by atoms with Gasteiger partial charge in [-0.05, 0) is 26.3 Å². The van der Waals surface area contributed by atoms with Gasteiger partial charge in [0, 0.05) is 31.5 Å². The van der Waals surface area contributed by atoms with Crippen molar-refractivity contribution in [2.24, 2.45) is 4.99 Å². The van der Waals surface area contributed by atoms with Gasteiger partial charge in [0.1, 0.15) is 0 Å². The number of likely N-dealkylation sites (N-methyl/N-ethyl adjacent to an activating group) is 1. The summed E-state index contributed by atoms with van der Waals surface area (Å²) >= 11 is 0. The van der Waals surface area contributed by atoms with Crippen LogP contribution >= 0.6 is 0 Å². The molecule has 146 valence electrons. The van der Waals surface area contributed by atoms with E-state index in [1.807, 2.05) is 61.2 Å². The molecule has 3 amide bonds. The summed E-state index contributed by atoms with van der Waals surface area (Å²) < 4.78 is 0. The van der Waals surface area contributed by atoms with E-state index in [9.17, 15) is 9.59 Å². The van der Waals surface area contributed by atoms with Crippen molar-refractivity contribution in [2.75, 3.05) is 20.1 Å². The Labute approximate surface area is 165 Å². The number of fused-ring (bicyclic) bond motifs is 3. The first-order valence-corrected chi connectivity index (χ1v) is 9.57. The van der Waals surface area contributed by atoms with Gasteiger partial charge in [-0.2, -0.15) is 0 Å².